The van der Waals surface area contributed by atoms with E-state index >= 15 is 0 Å². The van der Waals surface area contributed by atoms with Gasteiger partial charge >= 0.3 is 29.7 Å². The van der Waals surface area contributed by atoms with E-state index in [4.69, 9.17) is 10.2 Å². The monoisotopic (exact) mass is 400 g/mol. The Morgan fingerprint density at radius 3 is 1.60 bits per heavy atom. The van der Waals surface area contributed by atoms with Gasteiger partial charge in [0.25, 0.3) is 0 Å². The molecule has 0 saturated carbocycles. The first-order chi connectivity index (χ1) is 10.6. The second-order valence-electron chi connectivity index (χ2n) is 5.41. The molecule has 0 amide bonds. The molecular weight excluding hydrogens is 392 g/mol. The van der Waals surface area contributed by atoms with Gasteiger partial charge in [-0.3, -0.25) is 0 Å². The van der Waals surface area contributed by atoms with Crippen LogP contribution in [0.5, 0.6) is 0 Å². The fraction of sp³-hybridized carbons (Fsp3) is 0.818. The highest BCUT2D eigenvalue weighted by atomic mass is 19.3. The van der Waals surface area contributed by atoms with Crippen molar-refractivity contribution in [3.8, 4) is 0 Å². The Morgan fingerprint density at radius 1 is 0.840 bits per heavy atom. The molecule has 25 heavy (non-hydrogen) atoms. The van der Waals surface area contributed by atoms with Crippen LogP contribution in [-0.2, 0) is 0 Å². The van der Waals surface area contributed by atoms with E-state index < -0.39 is 66.3 Å². The Kier molecular flexibility index (Phi) is 4.53. The first-order valence-corrected chi connectivity index (χ1v) is 5.99. The summed E-state index contributed by atoms with van der Waals surface area (Å²) in [6, 6.07) is -6.25. The van der Waals surface area contributed by atoms with Crippen molar-refractivity contribution < 1.29 is 62.9 Å². The molecule has 3 unspecified atom stereocenters. The van der Waals surface area contributed by atoms with Crippen molar-refractivity contribution >= 4 is 0 Å². The van der Waals surface area contributed by atoms with Gasteiger partial charge in [0, 0.05) is 0 Å². The van der Waals surface area contributed by atoms with Gasteiger partial charge in [0.15, 0.2) is 6.17 Å². The number of aliphatic hydroxyl groups is 2. The lowest BCUT2D eigenvalue weighted by atomic mass is 9.70. The minimum atomic E-state index is -7.03. The van der Waals surface area contributed by atoms with E-state index in [-0.39, 0.29) is 0 Å². The summed E-state index contributed by atoms with van der Waals surface area (Å²) in [4.78, 5) is 0. The molecule has 1 rings (SSSR count). The topological polar surface area (TPSA) is 40.5 Å². The summed E-state index contributed by atoms with van der Waals surface area (Å²) in [5.74, 6) is -26.8. The Balaban J connectivity index is 3.69. The molecule has 3 atom stereocenters. The van der Waals surface area contributed by atoms with E-state index in [1.54, 1.807) is 0 Å². The molecule has 0 aromatic heterocycles. The first-order valence-electron chi connectivity index (χ1n) is 5.99. The van der Waals surface area contributed by atoms with E-state index in [0.717, 1.165) is 0 Å². The van der Waals surface area contributed by atoms with Crippen molar-refractivity contribution in [3.05, 3.63) is 12.2 Å². The van der Waals surface area contributed by atoms with E-state index in [1.807, 2.05) is 0 Å². The molecule has 0 radical (unpaired) electrons. The lowest BCUT2D eigenvalue weighted by Crippen LogP contribution is -2.76. The van der Waals surface area contributed by atoms with Gasteiger partial charge in [0.05, 0.1) is 0 Å². The van der Waals surface area contributed by atoms with Crippen molar-refractivity contribution in [1.82, 2.24) is 0 Å². The summed E-state index contributed by atoms with van der Waals surface area (Å²) >= 11 is 0. The SMILES string of the molecule is CC(F)(C(F)(F)C(F)(F)C(O)(O)F)C1(F)C=CC(F)C(F)(F)C1(F)F. The highest BCUT2D eigenvalue weighted by molar-refractivity contribution is 5.32. The van der Waals surface area contributed by atoms with Crippen LogP contribution in [0.2, 0.25) is 0 Å². The fourth-order valence-corrected chi connectivity index (χ4v) is 2.03. The molecule has 0 saturated heterocycles. The largest absolute Gasteiger partial charge is 0.397 e. The Bertz CT molecular complexity index is 564. The zero-order valence-corrected chi connectivity index (χ0v) is 11.7. The molecule has 148 valence electrons. The number of halogens is 12. The average Bonchev–Trinajstić information content (AvgIpc) is 2.40. The van der Waals surface area contributed by atoms with E-state index in [2.05, 4.69) is 0 Å². The van der Waals surface area contributed by atoms with Crippen molar-refractivity contribution in [2.24, 2.45) is 0 Å². The Labute approximate surface area is 130 Å². The third-order valence-corrected chi connectivity index (χ3v) is 3.78. The molecule has 0 aliphatic heterocycles. The molecule has 0 spiro atoms. The molecule has 1 aliphatic carbocycles. The lowest BCUT2D eigenvalue weighted by Gasteiger charge is -2.49. The van der Waals surface area contributed by atoms with Crippen molar-refractivity contribution in [2.45, 2.75) is 54.2 Å². The first kappa shape index (κ1) is 21.9. The number of rotatable bonds is 4. The molecule has 0 aromatic carbocycles. The Hall–Kier alpha value is -1.18. The second-order valence-corrected chi connectivity index (χ2v) is 5.41. The predicted molar refractivity (Wildman–Crippen MR) is 55.5 cm³/mol. The van der Waals surface area contributed by atoms with Gasteiger partial charge in [0.1, 0.15) is 0 Å². The third-order valence-electron chi connectivity index (χ3n) is 3.78. The Morgan fingerprint density at radius 2 is 1.24 bits per heavy atom. The quantitative estimate of drug-likeness (QED) is 0.431. The normalized spacial score (nSPS) is 32.4. The molecule has 0 heterocycles. The van der Waals surface area contributed by atoms with Crippen LogP contribution < -0.4 is 0 Å². The van der Waals surface area contributed by atoms with Gasteiger partial charge in [-0.25, -0.2) is 13.2 Å². The molecule has 2 nitrogen and oxygen atoms in total. The maximum Gasteiger partial charge on any atom is 0.397 e. The summed E-state index contributed by atoms with van der Waals surface area (Å²) in [5.41, 5.74) is -12.1. The summed E-state index contributed by atoms with van der Waals surface area (Å²) < 4.78 is 160. The molecule has 2 N–H and O–H groups in total. The standard InChI is InChI=1S/C11H8F12O2/c1-5(13,8(17,18)10(21,22)11(23,24)25)6(14)3-2-4(12)7(15,16)9(6,19)20/h2-4,24-25H,1H3. The zero-order valence-electron chi connectivity index (χ0n) is 11.7. The van der Waals surface area contributed by atoms with Crippen molar-refractivity contribution in [2.75, 3.05) is 0 Å². The van der Waals surface area contributed by atoms with E-state index in [0.29, 0.717) is 0 Å². The minimum Gasteiger partial charge on any atom is -0.335 e. The van der Waals surface area contributed by atoms with Crippen molar-refractivity contribution in [1.29, 1.82) is 0 Å². The summed E-state index contributed by atoms with van der Waals surface area (Å²) in [7, 11) is 0. The maximum atomic E-state index is 14.3. The number of alkyl halides is 12. The van der Waals surface area contributed by atoms with E-state index in [1.165, 1.54) is 0 Å². The number of hydrogen-bond acceptors (Lipinski definition) is 2. The predicted octanol–water partition coefficient (Wildman–Crippen LogP) is 3.48. The van der Waals surface area contributed by atoms with Crippen LogP contribution in [0.4, 0.5) is 52.7 Å². The van der Waals surface area contributed by atoms with Crippen LogP contribution in [0, 0.1) is 0 Å². The van der Waals surface area contributed by atoms with Gasteiger partial charge in [-0.1, -0.05) is 0 Å². The van der Waals surface area contributed by atoms with Crippen molar-refractivity contribution in [3.63, 3.8) is 0 Å². The summed E-state index contributed by atoms with van der Waals surface area (Å²) in [6.07, 6.45) is -5.98. The average molecular weight is 400 g/mol. The van der Waals surface area contributed by atoms with Crippen LogP contribution in [0.3, 0.4) is 0 Å². The zero-order chi connectivity index (χ0) is 20.5. The molecule has 1 aliphatic rings. The third kappa shape index (κ3) is 2.35. The van der Waals surface area contributed by atoms with Gasteiger partial charge in [-0.15, -0.1) is 0 Å². The molecular formula is C11H8F12O2. The molecule has 0 fully saturated rings. The number of hydrogen-bond donors (Lipinski definition) is 2. The minimum absolute atomic E-state index is 0.815. The van der Waals surface area contributed by atoms with Gasteiger partial charge < -0.3 is 10.2 Å². The van der Waals surface area contributed by atoms with Gasteiger partial charge in [-0.2, -0.15) is 39.5 Å². The van der Waals surface area contributed by atoms with Gasteiger partial charge in [-0.05, 0) is 19.1 Å². The molecule has 0 bridgehead atoms. The molecule has 14 heteroatoms. The number of allylic oxidation sites excluding steroid dienone is 2. The van der Waals surface area contributed by atoms with E-state index in [9.17, 15) is 52.7 Å². The smallest absolute Gasteiger partial charge is 0.335 e. The highest BCUT2D eigenvalue weighted by Crippen LogP contribution is 2.62. The van der Waals surface area contributed by atoms with Crippen LogP contribution in [-0.4, -0.2) is 57.5 Å². The second kappa shape index (κ2) is 5.18. The van der Waals surface area contributed by atoms with Gasteiger partial charge in [0.2, 0.25) is 11.3 Å². The summed E-state index contributed by atoms with van der Waals surface area (Å²) in [5, 5.41) is 15.9. The van der Waals surface area contributed by atoms with Crippen LogP contribution in [0.1, 0.15) is 6.92 Å². The lowest BCUT2D eigenvalue weighted by molar-refractivity contribution is -0.441. The molecule has 0 aromatic rings. The fourth-order valence-electron chi connectivity index (χ4n) is 2.03. The van der Waals surface area contributed by atoms with Crippen LogP contribution >= 0.6 is 0 Å². The highest BCUT2D eigenvalue weighted by Gasteiger charge is 2.89. The van der Waals surface area contributed by atoms with Crippen LogP contribution in [0.25, 0.3) is 0 Å². The maximum absolute atomic E-state index is 14.3. The summed E-state index contributed by atoms with van der Waals surface area (Å²) in [6.45, 7) is -1.07. The van der Waals surface area contributed by atoms with Crippen LogP contribution in [0.15, 0.2) is 12.2 Å².